The van der Waals surface area contributed by atoms with E-state index in [4.69, 9.17) is 16.3 Å². The number of nitrogens with one attached hydrogen (secondary N) is 1. The van der Waals surface area contributed by atoms with E-state index in [-0.39, 0.29) is 0 Å². The zero-order chi connectivity index (χ0) is 13.1. The van der Waals surface area contributed by atoms with Crippen molar-refractivity contribution in [1.29, 1.82) is 0 Å². The quantitative estimate of drug-likeness (QED) is 0.923. The van der Waals surface area contributed by atoms with Crippen LogP contribution in [-0.2, 0) is 19.6 Å². The summed E-state index contributed by atoms with van der Waals surface area (Å²) in [5.41, 5.74) is 4.06. The van der Waals surface area contributed by atoms with Gasteiger partial charge in [-0.1, -0.05) is 29.8 Å². The van der Waals surface area contributed by atoms with Crippen molar-refractivity contribution < 1.29 is 4.74 Å². The Labute approximate surface area is 118 Å². The second-order valence-electron chi connectivity index (χ2n) is 4.77. The van der Waals surface area contributed by atoms with Crippen molar-refractivity contribution in [1.82, 2.24) is 5.32 Å². The summed E-state index contributed by atoms with van der Waals surface area (Å²) in [6.45, 7) is 2.64. The topological polar surface area (TPSA) is 21.3 Å². The van der Waals surface area contributed by atoms with Crippen LogP contribution in [0.5, 0.6) is 5.75 Å². The van der Waals surface area contributed by atoms with Crippen molar-refractivity contribution in [3.05, 3.63) is 64.2 Å². The first-order valence-corrected chi connectivity index (χ1v) is 6.89. The van der Waals surface area contributed by atoms with E-state index in [1.54, 1.807) is 0 Å². The molecule has 0 saturated heterocycles. The van der Waals surface area contributed by atoms with Gasteiger partial charge < -0.3 is 10.1 Å². The van der Waals surface area contributed by atoms with Gasteiger partial charge in [0.15, 0.2) is 0 Å². The zero-order valence-corrected chi connectivity index (χ0v) is 11.4. The third kappa shape index (κ3) is 3.09. The molecule has 2 nitrogen and oxygen atoms in total. The first-order valence-electron chi connectivity index (χ1n) is 6.51. The fraction of sp³-hybridized carbons (Fsp3) is 0.250. The molecule has 0 atom stereocenters. The van der Waals surface area contributed by atoms with E-state index in [2.05, 4.69) is 23.5 Å². The molecule has 0 spiro atoms. The molecule has 3 rings (SSSR count). The second-order valence-corrected chi connectivity index (χ2v) is 5.21. The molecule has 0 radical (unpaired) electrons. The summed E-state index contributed by atoms with van der Waals surface area (Å²) in [7, 11) is 0. The second kappa shape index (κ2) is 5.64. The number of hydrogen-bond acceptors (Lipinski definition) is 2. The predicted octanol–water partition coefficient (Wildman–Crippen LogP) is 3.56. The normalized spacial score (nSPS) is 13.9. The lowest BCUT2D eigenvalue weighted by Gasteiger charge is -2.18. The number of halogens is 1. The van der Waals surface area contributed by atoms with Gasteiger partial charge in [-0.25, -0.2) is 0 Å². The summed E-state index contributed by atoms with van der Waals surface area (Å²) in [5, 5.41) is 4.11. The van der Waals surface area contributed by atoms with Crippen LogP contribution in [0.1, 0.15) is 16.7 Å². The van der Waals surface area contributed by atoms with Crippen LogP contribution >= 0.6 is 11.6 Å². The Kier molecular flexibility index (Phi) is 3.72. The highest BCUT2D eigenvalue weighted by Gasteiger charge is 2.08. The van der Waals surface area contributed by atoms with E-state index in [9.17, 15) is 0 Å². The Hall–Kier alpha value is -1.51. The number of fused-ring (bicyclic) bond motifs is 1. The fourth-order valence-corrected chi connectivity index (χ4v) is 2.44. The smallest absolute Gasteiger partial charge is 0.119 e. The number of benzene rings is 2. The average Bonchev–Trinajstić information content (AvgIpc) is 2.46. The van der Waals surface area contributed by atoms with Gasteiger partial charge >= 0.3 is 0 Å². The van der Waals surface area contributed by atoms with E-state index in [1.165, 1.54) is 16.7 Å². The molecule has 0 saturated carbocycles. The van der Waals surface area contributed by atoms with Gasteiger partial charge in [0.1, 0.15) is 12.4 Å². The average molecular weight is 274 g/mol. The largest absolute Gasteiger partial charge is 0.489 e. The Balaban J connectivity index is 1.68. The van der Waals surface area contributed by atoms with Gasteiger partial charge in [0, 0.05) is 11.6 Å². The monoisotopic (exact) mass is 273 g/mol. The van der Waals surface area contributed by atoms with Crippen molar-refractivity contribution in [3.8, 4) is 5.75 Å². The van der Waals surface area contributed by atoms with E-state index in [0.29, 0.717) is 6.61 Å². The molecule has 1 N–H and O–H groups in total. The predicted molar refractivity (Wildman–Crippen MR) is 77.6 cm³/mol. The van der Waals surface area contributed by atoms with Crippen molar-refractivity contribution in [2.24, 2.45) is 0 Å². The van der Waals surface area contributed by atoms with Crippen LogP contribution in [0, 0.1) is 0 Å². The molecule has 2 aromatic carbocycles. The highest BCUT2D eigenvalue weighted by Crippen LogP contribution is 2.19. The lowest BCUT2D eigenvalue weighted by molar-refractivity contribution is 0.306. The van der Waals surface area contributed by atoms with Crippen LogP contribution in [0.4, 0.5) is 0 Å². The van der Waals surface area contributed by atoms with Crippen LogP contribution in [0.15, 0.2) is 42.5 Å². The van der Waals surface area contributed by atoms with Crippen molar-refractivity contribution in [2.75, 3.05) is 6.54 Å². The molecule has 0 aromatic heterocycles. The van der Waals surface area contributed by atoms with Crippen LogP contribution in [-0.4, -0.2) is 6.54 Å². The van der Waals surface area contributed by atoms with Crippen LogP contribution in [0.25, 0.3) is 0 Å². The summed E-state index contributed by atoms with van der Waals surface area (Å²) in [4.78, 5) is 0. The van der Waals surface area contributed by atoms with Gasteiger partial charge in [0.05, 0.1) is 0 Å². The molecule has 2 aromatic rings. The molecule has 1 aliphatic heterocycles. The minimum Gasteiger partial charge on any atom is -0.489 e. The third-order valence-electron chi connectivity index (χ3n) is 3.38. The molecule has 1 heterocycles. The molecule has 0 fully saturated rings. The summed E-state index contributed by atoms with van der Waals surface area (Å²) in [6.07, 6.45) is 1.10. The van der Waals surface area contributed by atoms with Gasteiger partial charge in [0.2, 0.25) is 0 Å². The van der Waals surface area contributed by atoms with Crippen LogP contribution < -0.4 is 10.1 Å². The number of ether oxygens (including phenoxy) is 1. The Bertz CT molecular complexity index is 565. The van der Waals surface area contributed by atoms with Gasteiger partial charge in [-0.05, 0) is 53.9 Å². The minimum absolute atomic E-state index is 0.600. The van der Waals surface area contributed by atoms with Crippen molar-refractivity contribution >= 4 is 11.6 Å². The first-order chi connectivity index (χ1) is 9.31. The summed E-state index contributed by atoms with van der Waals surface area (Å²) < 4.78 is 5.76. The van der Waals surface area contributed by atoms with E-state index < -0.39 is 0 Å². The van der Waals surface area contributed by atoms with E-state index in [0.717, 1.165) is 30.3 Å². The van der Waals surface area contributed by atoms with Gasteiger partial charge in [-0.2, -0.15) is 0 Å². The number of hydrogen-bond donors (Lipinski definition) is 1. The van der Waals surface area contributed by atoms with Gasteiger partial charge in [-0.3, -0.25) is 0 Å². The summed E-state index contributed by atoms with van der Waals surface area (Å²) in [5.74, 6) is 0.851. The highest BCUT2D eigenvalue weighted by molar-refractivity contribution is 6.30. The molecule has 0 aliphatic carbocycles. The maximum atomic E-state index is 5.85. The Morgan fingerprint density at radius 2 is 1.89 bits per heavy atom. The van der Waals surface area contributed by atoms with E-state index in [1.807, 2.05) is 24.3 Å². The van der Waals surface area contributed by atoms with Crippen molar-refractivity contribution in [3.63, 3.8) is 0 Å². The fourth-order valence-electron chi connectivity index (χ4n) is 2.32. The van der Waals surface area contributed by atoms with Crippen molar-refractivity contribution in [2.45, 2.75) is 19.6 Å². The Morgan fingerprint density at radius 1 is 1.05 bits per heavy atom. The van der Waals surface area contributed by atoms with Crippen LogP contribution in [0.2, 0.25) is 5.02 Å². The molecule has 1 aliphatic rings. The maximum Gasteiger partial charge on any atom is 0.119 e. The SMILES string of the molecule is Clc1ccc(OCc2ccc3c(c2)CCNC3)cc1. The molecule has 3 heteroatoms. The lowest BCUT2D eigenvalue weighted by Crippen LogP contribution is -2.23. The molecule has 0 unspecified atom stereocenters. The molecule has 0 amide bonds. The molecular formula is C16H16ClNO. The highest BCUT2D eigenvalue weighted by atomic mass is 35.5. The standard InChI is InChI=1S/C16H16ClNO/c17-15-3-5-16(6-4-15)19-11-12-1-2-14-10-18-8-7-13(14)9-12/h1-6,9,18H,7-8,10-11H2. The summed E-state index contributed by atoms with van der Waals surface area (Å²) >= 11 is 5.85. The van der Waals surface area contributed by atoms with Crippen LogP contribution in [0.3, 0.4) is 0 Å². The molecule has 98 valence electrons. The molecule has 19 heavy (non-hydrogen) atoms. The van der Waals surface area contributed by atoms with Gasteiger partial charge in [-0.15, -0.1) is 0 Å². The maximum absolute atomic E-state index is 5.85. The summed E-state index contributed by atoms with van der Waals surface area (Å²) in [6, 6.07) is 14.1. The zero-order valence-electron chi connectivity index (χ0n) is 10.7. The Morgan fingerprint density at radius 3 is 2.74 bits per heavy atom. The third-order valence-corrected chi connectivity index (χ3v) is 3.63. The van der Waals surface area contributed by atoms with E-state index >= 15 is 0 Å². The lowest BCUT2D eigenvalue weighted by atomic mass is 9.99. The molecular weight excluding hydrogens is 258 g/mol. The number of rotatable bonds is 3. The molecule has 0 bridgehead atoms. The minimum atomic E-state index is 0.600. The van der Waals surface area contributed by atoms with Gasteiger partial charge in [0.25, 0.3) is 0 Å². The first kappa shape index (κ1) is 12.5.